The molecule has 134 valence electrons. The molecule has 0 saturated heterocycles. The highest BCUT2D eigenvalue weighted by Crippen LogP contribution is 2.23. The lowest BCUT2D eigenvalue weighted by molar-refractivity contribution is 0.0912. The number of aromatic amines is 1. The van der Waals surface area contributed by atoms with E-state index in [2.05, 4.69) is 20.3 Å². The van der Waals surface area contributed by atoms with Crippen LogP contribution in [0.5, 0.6) is 0 Å². The molecule has 0 aliphatic carbocycles. The fourth-order valence-corrected chi connectivity index (χ4v) is 2.75. The number of carbonyl (C=O) groups excluding carboxylic acids is 1. The summed E-state index contributed by atoms with van der Waals surface area (Å²) in [5, 5.41) is 12.4. The maximum absolute atomic E-state index is 12.5. The molecule has 5 N–H and O–H groups in total. The van der Waals surface area contributed by atoms with Crippen LogP contribution in [0.2, 0.25) is 0 Å². The fraction of sp³-hybridized carbons (Fsp3) is 0.211. The number of H-pyrrole nitrogens is 1. The average molecular weight is 351 g/mol. The van der Waals surface area contributed by atoms with E-state index in [4.69, 9.17) is 5.73 Å². The van der Waals surface area contributed by atoms with Gasteiger partial charge in [-0.3, -0.25) is 4.79 Å². The van der Waals surface area contributed by atoms with Gasteiger partial charge < -0.3 is 21.1 Å². The normalized spacial score (nSPS) is 11.9. The Balaban J connectivity index is 1.81. The van der Waals surface area contributed by atoms with Crippen LogP contribution in [0.3, 0.4) is 0 Å². The minimum absolute atomic E-state index is 0.189. The number of nitrogens with zero attached hydrogens (tertiary/aromatic N) is 2. The number of rotatable bonds is 6. The van der Waals surface area contributed by atoms with E-state index in [9.17, 15) is 9.90 Å². The number of aliphatic hydroxyl groups excluding tert-OH is 1. The van der Waals surface area contributed by atoms with E-state index in [1.807, 2.05) is 37.3 Å². The average Bonchev–Trinajstić information content (AvgIpc) is 3.17. The van der Waals surface area contributed by atoms with E-state index in [-0.39, 0.29) is 18.5 Å². The van der Waals surface area contributed by atoms with Crippen molar-refractivity contribution in [3.63, 3.8) is 0 Å². The van der Waals surface area contributed by atoms with Gasteiger partial charge in [0.1, 0.15) is 5.69 Å². The lowest BCUT2D eigenvalue weighted by atomic mass is 10.1. The first kappa shape index (κ1) is 17.6. The molecular weight excluding hydrogens is 330 g/mol. The number of nitrogens with one attached hydrogen (secondary N) is 2. The third kappa shape index (κ3) is 3.73. The molecule has 1 atom stereocenters. The van der Waals surface area contributed by atoms with Crippen LogP contribution in [0.4, 0.5) is 5.95 Å². The molecule has 0 saturated carbocycles. The van der Waals surface area contributed by atoms with E-state index in [1.54, 1.807) is 18.5 Å². The van der Waals surface area contributed by atoms with Crippen LogP contribution in [-0.2, 0) is 6.42 Å². The van der Waals surface area contributed by atoms with E-state index in [0.29, 0.717) is 11.4 Å². The van der Waals surface area contributed by atoms with Crippen molar-refractivity contribution >= 4 is 11.9 Å². The quantitative estimate of drug-likeness (QED) is 0.542. The minimum Gasteiger partial charge on any atom is -0.394 e. The summed E-state index contributed by atoms with van der Waals surface area (Å²) in [6.45, 7) is 1.82. The predicted octanol–water partition coefficient (Wildman–Crippen LogP) is 2.08. The molecule has 0 fully saturated rings. The van der Waals surface area contributed by atoms with Gasteiger partial charge in [0, 0.05) is 18.0 Å². The largest absolute Gasteiger partial charge is 0.394 e. The lowest BCUT2D eigenvalue weighted by Gasteiger charge is -2.16. The van der Waals surface area contributed by atoms with Gasteiger partial charge in [0.25, 0.3) is 5.91 Å². The Morgan fingerprint density at radius 2 is 2.12 bits per heavy atom. The zero-order valence-electron chi connectivity index (χ0n) is 14.4. The topological polar surface area (TPSA) is 117 Å². The number of anilines is 1. The number of hydrogen-bond donors (Lipinski definition) is 4. The van der Waals surface area contributed by atoms with Gasteiger partial charge in [-0.1, -0.05) is 37.3 Å². The van der Waals surface area contributed by atoms with E-state index in [0.717, 1.165) is 23.1 Å². The molecule has 7 nitrogen and oxygen atoms in total. The second kappa shape index (κ2) is 7.79. The van der Waals surface area contributed by atoms with Crippen LogP contribution in [-0.4, -0.2) is 32.6 Å². The number of nitrogen functional groups attached to an aromatic ring is 1. The van der Waals surface area contributed by atoms with Crippen LogP contribution < -0.4 is 11.1 Å². The maximum atomic E-state index is 12.5. The molecule has 0 aliphatic heterocycles. The molecule has 3 aromatic rings. The van der Waals surface area contributed by atoms with Crippen molar-refractivity contribution in [1.82, 2.24) is 20.3 Å². The van der Waals surface area contributed by atoms with Crippen molar-refractivity contribution in [2.75, 3.05) is 12.3 Å². The summed E-state index contributed by atoms with van der Waals surface area (Å²) in [5.74, 6) is -0.118. The summed E-state index contributed by atoms with van der Waals surface area (Å²) in [7, 11) is 0. The SMILES string of the molecule is CCc1cnc(N)nc1-c1c[nH]c(C(=O)N[C@H](CO)c2ccccc2)c1. The fourth-order valence-electron chi connectivity index (χ4n) is 2.75. The smallest absolute Gasteiger partial charge is 0.268 e. The molecule has 0 bridgehead atoms. The lowest BCUT2D eigenvalue weighted by Crippen LogP contribution is -2.30. The summed E-state index contributed by atoms with van der Waals surface area (Å²) in [6.07, 6.45) is 4.16. The predicted molar refractivity (Wildman–Crippen MR) is 99.3 cm³/mol. The third-order valence-electron chi connectivity index (χ3n) is 4.15. The monoisotopic (exact) mass is 351 g/mol. The molecule has 0 radical (unpaired) electrons. The van der Waals surface area contributed by atoms with Crippen LogP contribution in [0.25, 0.3) is 11.3 Å². The first-order valence-electron chi connectivity index (χ1n) is 8.39. The molecule has 1 aromatic carbocycles. The van der Waals surface area contributed by atoms with Crippen LogP contribution in [0, 0.1) is 0 Å². The Labute approximate surface area is 151 Å². The van der Waals surface area contributed by atoms with E-state index >= 15 is 0 Å². The molecular formula is C19H21N5O2. The third-order valence-corrected chi connectivity index (χ3v) is 4.15. The van der Waals surface area contributed by atoms with E-state index in [1.165, 1.54) is 0 Å². The highest BCUT2D eigenvalue weighted by molar-refractivity contribution is 5.94. The zero-order valence-corrected chi connectivity index (χ0v) is 14.4. The first-order valence-corrected chi connectivity index (χ1v) is 8.39. The molecule has 3 rings (SSSR count). The Morgan fingerprint density at radius 3 is 2.81 bits per heavy atom. The van der Waals surface area contributed by atoms with Crippen LogP contribution in [0.1, 0.15) is 34.6 Å². The molecule has 2 aromatic heterocycles. The number of benzene rings is 1. The molecule has 7 heteroatoms. The summed E-state index contributed by atoms with van der Waals surface area (Å²) < 4.78 is 0. The molecule has 1 amide bonds. The molecule has 2 heterocycles. The second-order valence-electron chi connectivity index (χ2n) is 5.88. The van der Waals surface area contributed by atoms with Crippen molar-refractivity contribution in [2.45, 2.75) is 19.4 Å². The Hall–Kier alpha value is -3.19. The minimum atomic E-state index is -0.476. The number of aliphatic hydroxyl groups is 1. The van der Waals surface area contributed by atoms with Gasteiger partial charge in [0.05, 0.1) is 18.3 Å². The number of carbonyl (C=O) groups is 1. The number of hydrogen-bond acceptors (Lipinski definition) is 5. The van der Waals surface area contributed by atoms with Crippen molar-refractivity contribution in [3.05, 3.63) is 65.6 Å². The molecule has 0 spiro atoms. The van der Waals surface area contributed by atoms with Gasteiger partial charge in [0.15, 0.2) is 0 Å². The van der Waals surface area contributed by atoms with Crippen molar-refractivity contribution in [2.24, 2.45) is 0 Å². The Morgan fingerprint density at radius 1 is 1.35 bits per heavy atom. The van der Waals surface area contributed by atoms with Gasteiger partial charge in [-0.2, -0.15) is 0 Å². The van der Waals surface area contributed by atoms with Gasteiger partial charge in [-0.15, -0.1) is 0 Å². The van der Waals surface area contributed by atoms with Crippen LogP contribution in [0.15, 0.2) is 48.8 Å². The van der Waals surface area contributed by atoms with E-state index < -0.39 is 6.04 Å². The molecule has 0 unspecified atom stereocenters. The highest BCUT2D eigenvalue weighted by Gasteiger charge is 2.17. The number of amides is 1. The van der Waals surface area contributed by atoms with Crippen molar-refractivity contribution in [3.8, 4) is 11.3 Å². The summed E-state index contributed by atoms with van der Waals surface area (Å²) in [5.41, 5.74) is 9.34. The van der Waals surface area contributed by atoms with Gasteiger partial charge in [-0.05, 0) is 23.6 Å². The summed E-state index contributed by atoms with van der Waals surface area (Å²) in [6, 6.07) is 10.6. The highest BCUT2D eigenvalue weighted by atomic mass is 16.3. The van der Waals surface area contributed by atoms with Crippen molar-refractivity contribution < 1.29 is 9.90 Å². The maximum Gasteiger partial charge on any atom is 0.268 e. The first-order chi connectivity index (χ1) is 12.6. The van der Waals surface area contributed by atoms with Gasteiger partial charge in [0.2, 0.25) is 5.95 Å². The Kier molecular flexibility index (Phi) is 5.28. The molecule has 0 aliphatic rings. The van der Waals surface area contributed by atoms with Crippen LogP contribution >= 0.6 is 0 Å². The number of aryl methyl sites for hydroxylation is 1. The summed E-state index contributed by atoms with van der Waals surface area (Å²) in [4.78, 5) is 23.8. The standard InChI is InChI=1S/C19H21N5O2/c1-2-12-9-22-19(20)24-17(12)14-8-15(21-10-14)18(26)23-16(11-25)13-6-4-3-5-7-13/h3-10,16,21,25H,2,11H2,1H3,(H,23,26)(H2,20,22,24)/t16-/m1/s1. The van der Waals surface area contributed by atoms with Gasteiger partial charge in [-0.25, -0.2) is 9.97 Å². The number of nitrogens with two attached hydrogens (primary N) is 1. The van der Waals surface area contributed by atoms with Crippen molar-refractivity contribution in [1.29, 1.82) is 0 Å². The van der Waals surface area contributed by atoms with Gasteiger partial charge >= 0.3 is 0 Å². The Bertz CT molecular complexity index is 892. The molecule has 26 heavy (non-hydrogen) atoms. The number of aromatic nitrogens is 3. The summed E-state index contributed by atoms with van der Waals surface area (Å²) >= 11 is 0. The zero-order chi connectivity index (χ0) is 18.5. The second-order valence-corrected chi connectivity index (χ2v) is 5.88.